The molecule has 1 aromatic carbocycles. The molecule has 1 heterocycles. The Morgan fingerprint density at radius 2 is 2.33 bits per heavy atom. The van der Waals surface area contributed by atoms with E-state index >= 15 is 0 Å². The van der Waals surface area contributed by atoms with Gasteiger partial charge in [0.05, 0.1) is 5.69 Å². The molecule has 0 radical (unpaired) electrons. The van der Waals surface area contributed by atoms with E-state index in [0.717, 1.165) is 0 Å². The SMILES string of the molecule is Oc1ccc(Cl)cc1Nc1n[nH]c(=S)s1. The topological polar surface area (TPSA) is 60.9 Å². The van der Waals surface area contributed by atoms with Crippen molar-refractivity contribution in [3.63, 3.8) is 0 Å². The lowest BCUT2D eigenvalue weighted by Gasteiger charge is -2.04. The zero-order valence-corrected chi connectivity index (χ0v) is 9.71. The number of nitrogens with zero attached hydrogens (tertiary/aromatic N) is 1. The summed E-state index contributed by atoms with van der Waals surface area (Å²) in [7, 11) is 0. The van der Waals surface area contributed by atoms with E-state index in [1.54, 1.807) is 12.1 Å². The second kappa shape index (κ2) is 4.18. The van der Waals surface area contributed by atoms with Gasteiger partial charge in [-0.3, -0.25) is 5.10 Å². The Morgan fingerprint density at radius 1 is 1.53 bits per heavy atom. The highest BCUT2D eigenvalue weighted by Gasteiger charge is 2.04. The lowest BCUT2D eigenvalue weighted by atomic mass is 10.3. The van der Waals surface area contributed by atoms with Gasteiger partial charge in [0.1, 0.15) is 5.75 Å². The molecule has 0 saturated carbocycles. The van der Waals surface area contributed by atoms with Gasteiger partial charge in [-0.15, -0.1) is 5.10 Å². The third kappa shape index (κ3) is 2.47. The molecule has 0 aliphatic rings. The van der Waals surface area contributed by atoms with Crippen LogP contribution >= 0.6 is 35.2 Å². The number of phenolic OH excluding ortho intramolecular Hbond substituents is 1. The summed E-state index contributed by atoms with van der Waals surface area (Å²) in [5.41, 5.74) is 0.500. The molecular weight excluding hydrogens is 254 g/mol. The molecule has 0 aliphatic carbocycles. The minimum Gasteiger partial charge on any atom is -0.506 e. The first-order valence-electron chi connectivity index (χ1n) is 3.96. The molecule has 2 rings (SSSR count). The number of hydrogen-bond acceptors (Lipinski definition) is 5. The van der Waals surface area contributed by atoms with Crippen LogP contribution in [0.3, 0.4) is 0 Å². The number of anilines is 2. The summed E-state index contributed by atoms with van der Waals surface area (Å²) < 4.78 is 0.569. The van der Waals surface area contributed by atoms with Crippen molar-refractivity contribution in [3.05, 3.63) is 27.2 Å². The van der Waals surface area contributed by atoms with Gasteiger partial charge in [-0.25, -0.2) is 0 Å². The highest BCUT2D eigenvalue weighted by atomic mass is 35.5. The largest absolute Gasteiger partial charge is 0.506 e. The van der Waals surface area contributed by atoms with E-state index < -0.39 is 0 Å². The van der Waals surface area contributed by atoms with E-state index in [1.165, 1.54) is 17.4 Å². The Kier molecular flexibility index (Phi) is 2.90. The average molecular weight is 260 g/mol. The summed E-state index contributed by atoms with van der Waals surface area (Å²) in [4.78, 5) is 0. The first-order valence-corrected chi connectivity index (χ1v) is 5.56. The number of rotatable bonds is 2. The summed E-state index contributed by atoms with van der Waals surface area (Å²) in [6, 6.07) is 4.73. The van der Waals surface area contributed by atoms with E-state index in [2.05, 4.69) is 15.5 Å². The van der Waals surface area contributed by atoms with Gasteiger partial charge in [-0.1, -0.05) is 22.9 Å². The second-order valence-corrected chi connectivity index (χ2v) is 4.81. The highest BCUT2D eigenvalue weighted by Crippen LogP contribution is 2.29. The van der Waals surface area contributed by atoms with Crippen LogP contribution in [0, 0.1) is 3.95 Å². The number of aromatic nitrogens is 2. The molecule has 0 spiro atoms. The fraction of sp³-hybridized carbons (Fsp3) is 0. The molecular formula is C8H6ClN3OS2. The summed E-state index contributed by atoms with van der Waals surface area (Å²) in [5, 5.41) is 20.1. The van der Waals surface area contributed by atoms with E-state index in [1.807, 2.05) is 0 Å². The Balaban J connectivity index is 2.31. The number of nitrogens with one attached hydrogen (secondary N) is 2. The van der Waals surface area contributed by atoms with Gasteiger partial charge in [-0.05, 0) is 30.4 Å². The maximum Gasteiger partial charge on any atom is 0.208 e. The molecule has 1 aromatic heterocycles. The van der Waals surface area contributed by atoms with E-state index in [-0.39, 0.29) is 5.75 Å². The van der Waals surface area contributed by atoms with Crippen molar-refractivity contribution in [2.75, 3.05) is 5.32 Å². The van der Waals surface area contributed by atoms with Crippen molar-refractivity contribution in [1.82, 2.24) is 10.2 Å². The van der Waals surface area contributed by atoms with Gasteiger partial charge < -0.3 is 10.4 Å². The van der Waals surface area contributed by atoms with Crippen molar-refractivity contribution in [1.29, 1.82) is 0 Å². The van der Waals surface area contributed by atoms with Crippen LogP contribution in [0.25, 0.3) is 0 Å². The number of H-pyrrole nitrogens is 1. The minimum atomic E-state index is 0.112. The van der Waals surface area contributed by atoms with E-state index in [9.17, 15) is 5.11 Å². The molecule has 7 heteroatoms. The number of phenols is 1. The standard InChI is InChI=1S/C8H6ClN3OS2/c9-4-1-2-6(13)5(3-4)10-7-11-12-8(14)15-7/h1-3,13H,(H,10,11)(H,12,14). The molecule has 0 saturated heterocycles. The van der Waals surface area contributed by atoms with Gasteiger partial charge in [0.15, 0.2) is 3.95 Å². The van der Waals surface area contributed by atoms with Crippen LogP contribution in [0.1, 0.15) is 0 Å². The quantitative estimate of drug-likeness (QED) is 0.572. The van der Waals surface area contributed by atoms with E-state index in [0.29, 0.717) is 19.8 Å². The number of hydrogen-bond donors (Lipinski definition) is 3. The van der Waals surface area contributed by atoms with Crippen LogP contribution in [0.2, 0.25) is 5.02 Å². The lowest BCUT2D eigenvalue weighted by molar-refractivity contribution is 0.478. The summed E-state index contributed by atoms with van der Waals surface area (Å²) in [5.74, 6) is 0.112. The Morgan fingerprint density at radius 3 is 3.00 bits per heavy atom. The predicted octanol–water partition coefficient (Wildman–Crippen LogP) is 3.30. The second-order valence-electron chi connectivity index (χ2n) is 2.70. The molecule has 4 nitrogen and oxygen atoms in total. The lowest BCUT2D eigenvalue weighted by Crippen LogP contribution is -1.89. The third-order valence-electron chi connectivity index (χ3n) is 1.64. The van der Waals surface area contributed by atoms with Crippen LogP contribution in [0.4, 0.5) is 10.8 Å². The van der Waals surface area contributed by atoms with Crippen molar-refractivity contribution in [3.8, 4) is 5.75 Å². The van der Waals surface area contributed by atoms with Gasteiger partial charge in [0.2, 0.25) is 5.13 Å². The number of halogens is 1. The number of aromatic hydroxyl groups is 1. The van der Waals surface area contributed by atoms with Crippen LogP contribution < -0.4 is 5.32 Å². The number of aromatic amines is 1. The summed E-state index contributed by atoms with van der Waals surface area (Å²) >= 11 is 12.0. The van der Waals surface area contributed by atoms with Crippen LogP contribution in [0.5, 0.6) is 5.75 Å². The Bertz CT molecular complexity index is 537. The molecule has 0 fully saturated rings. The van der Waals surface area contributed by atoms with Gasteiger partial charge in [0.25, 0.3) is 0 Å². The maximum atomic E-state index is 9.52. The molecule has 0 aliphatic heterocycles. The zero-order valence-electron chi connectivity index (χ0n) is 7.32. The molecule has 2 aromatic rings. The van der Waals surface area contributed by atoms with Gasteiger partial charge in [0, 0.05) is 5.02 Å². The average Bonchev–Trinajstić information content (AvgIpc) is 2.58. The van der Waals surface area contributed by atoms with E-state index in [4.69, 9.17) is 23.8 Å². The van der Waals surface area contributed by atoms with Crippen LogP contribution in [-0.2, 0) is 0 Å². The van der Waals surface area contributed by atoms with Crippen LogP contribution in [-0.4, -0.2) is 15.3 Å². The van der Waals surface area contributed by atoms with Crippen molar-refractivity contribution >= 4 is 46.0 Å². The Labute approximate surface area is 99.5 Å². The Hall–Kier alpha value is -1.11. The molecule has 0 bridgehead atoms. The first-order chi connectivity index (χ1) is 7.15. The molecule has 0 amide bonds. The van der Waals surface area contributed by atoms with Crippen LogP contribution in [0.15, 0.2) is 18.2 Å². The summed E-state index contributed by atoms with van der Waals surface area (Å²) in [6.07, 6.45) is 0. The maximum absolute atomic E-state index is 9.52. The smallest absolute Gasteiger partial charge is 0.208 e. The first kappa shape index (κ1) is 10.4. The van der Waals surface area contributed by atoms with Crippen molar-refractivity contribution < 1.29 is 5.11 Å². The van der Waals surface area contributed by atoms with Crippen molar-refractivity contribution in [2.24, 2.45) is 0 Å². The molecule has 3 N–H and O–H groups in total. The minimum absolute atomic E-state index is 0.112. The fourth-order valence-corrected chi connectivity index (χ4v) is 1.98. The zero-order chi connectivity index (χ0) is 10.8. The molecule has 15 heavy (non-hydrogen) atoms. The molecule has 0 atom stereocenters. The fourth-order valence-electron chi connectivity index (χ4n) is 1.01. The van der Waals surface area contributed by atoms with Crippen molar-refractivity contribution in [2.45, 2.75) is 0 Å². The summed E-state index contributed by atoms with van der Waals surface area (Å²) in [6.45, 7) is 0. The molecule has 78 valence electrons. The predicted molar refractivity (Wildman–Crippen MR) is 63.7 cm³/mol. The highest BCUT2D eigenvalue weighted by molar-refractivity contribution is 7.73. The molecule has 0 unspecified atom stereocenters. The van der Waals surface area contributed by atoms with Gasteiger partial charge >= 0.3 is 0 Å². The normalized spacial score (nSPS) is 10.2. The monoisotopic (exact) mass is 259 g/mol. The third-order valence-corrected chi connectivity index (χ3v) is 2.88. The number of benzene rings is 1. The van der Waals surface area contributed by atoms with Gasteiger partial charge in [-0.2, -0.15) is 0 Å².